The van der Waals surface area contributed by atoms with E-state index in [1.807, 2.05) is 11.3 Å². The minimum Gasteiger partial charge on any atom is -0.326 e. The van der Waals surface area contributed by atoms with E-state index in [2.05, 4.69) is 48.0 Å². The summed E-state index contributed by atoms with van der Waals surface area (Å²) in [6.07, 6.45) is 0. The molecule has 1 aliphatic rings. The summed E-state index contributed by atoms with van der Waals surface area (Å²) >= 11 is 1.85. The molecule has 108 valence electrons. The van der Waals surface area contributed by atoms with Crippen molar-refractivity contribution in [3.05, 3.63) is 34.7 Å². The van der Waals surface area contributed by atoms with E-state index < -0.39 is 0 Å². The van der Waals surface area contributed by atoms with Crippen molar-refractivity contribution in [3.8, 4) is 0 Å². The first-order chi connectivity index (χ1) is 9.69. The predicted octanol–water partition coefficient (Wildman–Crippen LogP) is 2.50. The van der Waals surface area contributed by atoms with Crippen molar-refractivity contribution < 1.29 is 0 Å². The largest absolute Gasteiger partial charge is 0.326 e. The fourth-order valence-corrected chi connectivity index (χ4v) is 4.20. The molecule has 1 fully saturated rings. The van der Waals surface area contributed by atoms with Crippen LogP contribution in [0.3, 0.4) is 0 Å². The molecule has 1 atom stereocenters. The molecule has 1 saturated heterocycles. The SMILES string of the molecule is CC1CN(C)CCN1Cc1c(CN)sc2ccccc12. The summed E-state index contributed by atoms with van der Waals surface area (Å²) in [5, 5.41) is 1.39. The molecular weight excluding hydrogens is 266 g/mol. The van der Waals surface area contributed by atoms with Crippen molar-refractivity contribution in [2.24, 2.45) is 5.73 Å². The lowest BCUT2D eigenvalue weighted by molar-refractivity contribution is 0.0941. The van der Waals surface area contributed by atoms with Crippen molar-refractivity contribution >= 4 is 21.4 Å². The third-order valence-corrected chi connectivity index (χ3v) is 5.53. The van der Waals surface area contributed by atoms with E-state index in [-0.39, 0.29) is 0 Å². The van der Waals surface area contributed by atoms with E-state index in [0.29, 0.717) is 12.6 Å². The van der Waals surface area contributed by atoms with E-state index in [9.17, 15) is 0 Å². The van der Waals surface area contributed by atoms with Crippen LogP contribution in [-0.2, 0) is 13.1 Å². The van der Waals surface area contributed by atoms with Crippen LogP contribution in [0.4, 0.5) is 0 Å². The van der Waals surface area contributed by atoms with Crippen LogP contribution in [0.5, 0.6) is 0 Å². The first-order valence-electron chi connectivity index (χ1n) is 7.31. The van der Waals surface area contributed by atoms with Gasteiger partial charge in [0, 0.05) is 48.3 Å². The molecule has 4 heteroatoms. The first kappa shape index (κ1) is 14.0. The van der Waals surface area contributed by atoms with Crippen LogP contribution < -0.4 is 5.73 Å². The van der Waals surface area contributed by atoms with Gasteiger partial charge in [-0.3, -0.25) is 4.90 Å². The summed E-state index contributed by atoms with van der Waals surface area (Å²) in [5.41, 5.74) is 7.41. The van der Waals surface area contributed by atoms with Gasteiger partial charge in [-0.25, -0.2) is 0 Å². The van der Waals surface area contributed by atoms with Crippen molar-refractivity contribution in [3.63, 3.8) is 0 Å². The van der Waals surface area contributed by atoms with E-state index in [4.69, 9.17) is 5.73 Å². The summed E-state index contributed by atoms with van der Waals surface area (Å²) in [6, 6.07) is 9.29. The number of hydrogen-bond donors (Lipinski definition) is 1. The number of likely N-dealkylation sites (N-methyl/N-ethyl adjacent to an activating group) is 1. The Kier molecular flexibility index (Phi) is 4.08. The summed E-state index contributed by atoms with van der Waals surface area (Å²) in [6.45, 7) is 7.46. The molecule has 0 amide bonds. The zero-order chi connectivity index (χ0) is 14.1. The second-order valence-electron chi connectivity index (χ2n) is 5.79. The number of nitrogens with zero attached hydrogens (tertiary/aromatic N) is 2. The van der Waals surface area contributed by atoms with Gasteiger partial charge in [-0.2, -0.15) is 0 Å². The molecule has 3 nitrogen and oxygen atoms in total. The second kappa shape index (κ2) is 5.82. The standard InChI is InChI=1S/C16H23N3S/c1-12-10-18(2)7-8-19(12)11-14-13-5-3-4-6-15(13)20-16(14)9-17/h3-6,12H,7-11,17H2,1-2H3. The number of nitrogens with two attached hydrogens (primary N) is 1. The molecule has 1 aromatic carbocycles. The van der Waals surface area contributed by atoms with Crippen LogP contribution in [0.2, 0.25) is 0 Å². The van der Waals surface area contributed by atoms with Gasteiger partial charge in [-0.1, -0.05) is 18.2 Å². The summed E-state index contributed by atoms with van der Waals surface area (Å²) in [7, 11) is 2.21. The lowest BCUT2D eigenvalue weighted by atomic mass is 10.1. The van der Waals surface area contributed by atoms with E-state index in [0.717, 1.165) is 26.2 Å². The van der Waals surface area contributed by atoms with Crippen molar-refractivity contribution in [2.45, 2.75) is 26.1 Å². The summed E-state index contributed by atoms with van der Waals surface area (Å²) in [5.74, 6) is 0. The lowest BCUT2D eigenvalue weighted by Gasteiger charge is -2.38. The highest BCUT2D eigenvalue weighted by Crippen LogP contribution is 2.32. The molecule has 1 unspecified atom stereocenters. The molecule has 0 saturated carbocycles. The van der Waals surface area contributed by atoms with Gasteiger partial charge in [0.15, 0.2) is 0 Å². The Morgan fingerprint density at radius 1 is 1.30 bits per heavy atom. The van der Waals surface area contributed by atoms with Crippen LogP contribution in [0, 0.1) is 0 Å². The van der Waals surface area contributed by atoms with Crippen LogP contribution >= 0.6 is 11.3 Å². The summed E-state index contributed by atoms with van der Waals surface area (Å²) in [4.78, 5) is 6.35. The van der Waals surface area contributed by atoms with Crippen LogP contribution in [-0.4, -0.2) is 42.5 Å². The van der Waals surface area contributed by atoms with Gasteiger partial charge in [0.1, 0.15) is 0 Å². The van der Waals surface area contributed by atoms with Gasteiger partial charge < -0.3 is 10.6 Å². The summed E-state index contributed by atoms with van der Waals surface area (Å²) < 4.78 is 1.37. The molecular formula is C16H23N3S. The smallest absolute Gasteiger partial charge is 0.0349 e. The van der Waals surface area contributed by atoms with E-state index in [1.54, 1.807) is 0 Å². The van der Waals surface area contributed by atoms with Crippen molar-refractivity contribution in [1.82, 2.24) is 9.80 Å². The Balaban J connectivity index is 1.90. The Morgan fingerprint density at radius 3 is 2.85 bits per heavy atom. The zero-order valence-electron chi connectivity index (χ0n) is 12.3. The fourth-order valence-electron chi connectivity index (χ4n) is 3.10. The molecule has 20 heavy (non-hydrogen) atoms. The molecule has 0 bridgehead atoms. The van der Waals surface area contributed by atoms with Gasteiger partial charge in [0.25, 0.3) is 0 Å². The van der Waals surface area contributed by atoms with Gasteiger partial charge >= 0.3 is 0 Å². The van der Waals surface area contributed by atoms with Gasteiger partial charge in [0.05, 0.1) is 0 Å². The van der Waals surface area contributed by atoms with Gasteiger partial charge in [-0.05, 0) is 31.0 Å². The third kappa shape index (κ3) is 2.61. The number of thiophene rings is 1. The van der Waals surface area contributed by atoms with Crippen LogP contribution in [0.1, 0.15) is 17.4 Å². The molecule has 2 heterocycles. The Hall–Kier alpha value is -0.940. The maximum atomic E-state index is 5.96. The number of fused-ring (bicyclic) bond motifs is 1. The zero-order valence-corrected chi connectivity index (χ0v) is 13.1. The number of hydrogen-bond acceptors (Lipinski definition) is 4. The molecule has 1 aliphatic heterocycles. The third-order valence-electron chi connectivity index (χ3n) is 4.30. The topological polar surface area (TPSA) is 32.5 Å². The molecule has 0 aliphatic carbocycles. The average molecular weight is 289 g/mol. The average Bonchev–Trinajstić information content (AvgIpc) is 2.80. The van der Waals surface area contributed by atoms with E-state index >= 15 is 0 Å². The molecule has 2 aromatic rings. The fraction of sp³-hybridized carbons (Fsp3) is 0.500. The number of piperazine rings is 1. The highest BCUT2D eigenvalue weighted by molar-refractivity contribution is 7.19. The monoisotopic (exact) mass is 289 g/mol. The highest BCUT2D eigenvalue weighted by atomic mass is 32.1. The molecule has 0 spiro atoms. The first-order valence-corrected chi connectivity index (χ1v) is 8.12. The minimum absolute atomic E-state index is 0.609. The minimum atomic E-state index is 0.609. The van der Waals surface area contributed by atoms with Crippen LogP contribution in [0.15, 0.2) is 24.3 Å². The molecule has 2 N–H and O–H groups in total. The lowest BCUT2D eigenvalue weighted by Crippen LogP contribution is -2.49. The van der Waals surface area contributed by atoms with Gasteiger partial charge in [-0.15, -0.1) is 11.3 Å². The molecule has 0 radical (unpaired) electrons. The Labute approximate surface area is 125 Å². The molecule has 3 rings (SSSR count). The van der Waals surface area contributed by atoms with Gasteiger partial charge in [0.2, 0.25) is 0 Å². The van der Waals surface area contributed by atoms with E-state index in [1.165, 1.54) is 20.5 Å². The predicted molar refractivity (Wildman–Crippen MR) is 87.1 cm³/mol. The highest BCUT2D eigenvalue weighted by Gasteiger charge is 2.23. The Morgan fingerprint density at radius 2 is 2.10 bits per heavy atom. The second-order valence-corrected chi connectivity index (χ2v) is 6.92. The normalized spacial score (nSPS) is 21.6. The maximum Gasteiger partial charge on any atom is 0.0349 e. The Bertz CT molecular complexity index is 592. The van der Waals surface area contributed by atoms with Crippen molar-refractivity contribution in [1.29, 1.82) is 0 Å². The molecule has 1 aromatic heterocycles. The maximum absolute atomic E-state index is 5.96. The quantitative estimate of drug-likeness (QED) is 0.942. The van der Waals surface area contributed by atoms with Crippen molar-refractivity contribution in [2.75, 3.05) is 26.7 Å². The van der Waals surface area contributed by atoms with Crippen LogP contribution in [0.25, 0.3) is 10.1 Å². The number of rotatable bonds is 3. The number of benzene rings is 1.